The van der Waals surface area contributed by atoms with Gasteiger partial charge in [-0.25, -0.2) is 19.2 Å². The van der Waals surface area contributed by atoms with Crippen molar-refractivity contribution in [1.29, 1.82) is 0 Å². The fourth-order valence-corrected chi connectivity index (χ4v) is 4.52. The number of carbonyl (C=O) groups is 1. The fraction of sp³-hybridized carbons (Fsp3) is 0.115. The van der Waals surface area contributed by atoms with E-state index in [2.05, 4.69) is 20.3 Å². The van der Waals surface area contributed by atoms with Crippen molar-refractivity contribution in [3.05, 3.63) is 89.1 Å². The van der Waals surface area contributed by atoms with Gasteiger partial charge in [-0.1, -0.05) is 18.2 Å². The van der Waals surface area contributed by atoms with Crippen LogP contribution in [0.5, 0.6) is 0 Å². The van der Waals surface area contributed by atoms with Crippen molar-refractivity contribution >= 4 is 34.0 Å². The summed E-state index contributed by atoms with van der Waals surface area (Å²) in [6, 6.07) is 12.9. The van der Waals surface area contributed by atoms with Crippen LogP contribution < -0.4 is 16.6 Å². The number of para-hydroxylation sites is 1. The first-order valence-electron chi connectivity index (χ1n) is 11.8. The first-order chi connectivity index (χ1) is 18.4. The third-order valence-corrected chi connectivity index (χ3v) is 6.15. The third kappa shape index (κ3) is 3.84. The number of hydrogen-bond donors (Lipinski definition) is 2. The number of pyridine rings is 1. The molecular formula is C26H22N10O2. The van der Waals surface area contributed by atoms with Crippen molar-refractivity contribution in [2.75, 3.05) is 11.1 Å². The molecule has 0 spiro atoms. The Balaban J connectivity index is 1.56. The van der Waals surface area contributed by atoms with Crippen molar-refractivity contribution < 1.29 is 4.79 Å². The highest BCUT2D eigenvalue weighted by Crippen LogP contribution is 2.31. The Morgan fingerprint density at radius 2 is 1.89 bits per heavy atom. The van der Waals surface area contributed by atoms with E-state index in [9.17, 15) is 9.59 Å². The summed E-state index contributed by atoms with van der Waals surface area (Å²) in [6.45, 7) is 3.41. The van der Waals surface area contributed by atoms with Crippen LogP contribution in [0, 0.1) is 6.92 Å². The number of nitrogens with one attached hydrogen (secondary N) is 1. The summed E-state index contributed by atoms with van der Waals surface area (Å²) in [4.78, 5) is 38.1. The number of hydrogen-bond acceptors (Lipinski definition) is 8. The molecule has 12 nitrogen and oxygen atoms in total. The quantitative estimate of drug-likeness (QED) is 0.362. The lowest BCUT2D eigenvalue weighted by Crippen LogP contribution is -2.28. The molecule has 6 rings (SSSR count). The maximum atomic E-state index is 13.7. The van der Waals surface area contributed by atoms with Crippen LogP contribution >= 0.6 is 0 Å². The number of aromatic nitrogens is 8. The van der Waals surface area contributed by atoms with Crippen LogP contribution in [0.25, 0.3) is 33.5 Å². The molecule has 0 aliphatic rings. The van der Waals surface area contributed by atoms with Gasteiger partial charge < -0.3 is 11.1 Å². The van der Waals surface area contributed by atoms with Gasteiger partial charge in [0.1, 0.15) is 29.9 Å². The summed E-state index contributed by atoms with van der Waals surface area (Å²) in [5, 5.41) is 12.8. The van der Waals surface area contributed by atoms with Crippen LogP contribution in [-0.2, 0) is 11.3 Å². The molecule has 5 aromatic heterocycles. The Bertz CT molecular complexity index is 1900. The summed E-state index contributed by atoms with van der Waals surface area (Å²) in [6.07, 6.45) is 6.29. The monoisotopic (exact) mass is 506 g/mol. The van der Waals surface area contributed by atoms with E-state index < -0.39 is 0 Å². The molecule has 12 heteroatoms. The molecule has 5 heterocycles. The van der Waals surface area contributed by atoms with E-state index in [-0.39, 0.29) is 23.8 Å². The molecule has 38 heavy (non-hydrogen) atoms. The molecular weight excluding hydrogens is 484 g/mol. The average Bonchev–Trinajstić information content (AvgIpc) is 3.46. The number of aryl methyl sites for hydroxylation is 1. The maximum absolute atomic E-state index is 13.7. The standard InChI is InChI=1S/C26H22N10O2/c1-15-8-9-34-23(15)26(38)36(19-6-4-3-5-7-19)20(32-34)13-35-25-21(24(27)29-14-30-25)22(33-35)17-10-18(12-28-11-17)31-16(2)37/h3-12,14H,13H2,1-2H3,(H,31,37)(H2,27,29,30). The van der Waals surface area contributed by atoms with E-state index in [1.54, 1.807) is 38.4 Å². The van der Waals surface area contributed by atoms with Gasteiger partial charge in [-0.05, 0) is 36.8 Å². The number of amides is 1. The van der Waals surface area contributed by atoms with E-state index in [1.807, 2.05) is 43.3 Å². The molecule has 0 fully saturated rings. The van der Waals surface area contributed by atoms with Gasteiger partial charge in [0.05, 0.1) is 23.0 Å². The zero-order valence-corrected chi connectivity index (χ0v) is 20.5. The summed E-state index contributed by atoms with van der Waals surface area (Å²) in [5.41, 5.74) is 10.2. The topological polar surface area (TPSA) is 151 Å². The van der Waals surface area contributed by atoms with E-state index >= 15 is 0 Å². The zero-order valence-electron chi connectivity index (χ0n) is 20.5. The molecule has 0 saturated carbocycles. The summed E-state index contributed by atoms with van der Waals surface area (Å²) < 4.78 is 4.80. The smallest absolute Gasteiger partial charge is 0.282 e. The van der Waals surface area contributed by atoms with Gasteiger partial charge in [0.15, 0.2) is 11.5 Å². The second kappa shape index (κ2) is 8.92. The first-order valence-corrected chi connectivity index (χ1v) is 11.8. The molecule has 0 unspecified atom stereocenters. The van der Waals surface area contributed by atoms with Crippen LogP contribution in [0.15, 0.2) is 72.2 Å². The van der Waals surface area contributed by atoms with Crippen molar-refractivity contribution in [3.63, 3.8) is 0 Å². The normalized spacial score (nSPS) is 11.3. The van der Waals surface area contributed by atoms with E-state index in [0.29, 0.717) is 45.0 Å². The van der Waals surface area contributed by atoms with Crippen LogP contribution in [0.3, 0.4) is 0 Å². The van der Waals surface area contributed by atoms with Gasteiger partial charge in [0.2, 0.25) is 5.91 Å². The number of rotatable bonds is 5. The van der Waals surface area contributed by atoms with Crippen molar-refractivity contribution in [3.8, 4) is 16.9 Å². The molecule has 0 aliphatic carbocycles. The van der Waals surface area contributed by atoms with Crippen molar-refractivity contribution in [1.82, 2.24) is 38.9 Å². The highest BCUT2D eigenvalue weighted by atomic mass is 16.1. The molecule has 0 saturated heterocycles. The fourth-order valence-electron chi connectivity index (χ4n) is 4.52. The number of nitrogen functional groups attached to an aromatic ring is 1. The molecule has 0 bridgehead atoms. The van der Waals surface area contributed by atoms with Gasteiger partial charge in [-0.3, -0.25) is 19.1 Å². The predicted octanol–water partition coefficient (Wildman–Crippen LogP) is 2.58. The Labute approximate surface area is 215 Å². The molecule has 0 radical (unpaired) electrons. The van der Waals surface area contributed by atoms with E-state index in [0.717, 1.165) is 5.56 Å². The number of fused-ring (bicyclic) bond motifs is 2. The van der Waals surface area contributed by atoms with Gasteiger partial charge >= 0.3 is 0 Å². The maximum Gasteiger partial charge on any atom is 0.282 e. The molecule has 1 aromatic carbocycles. The highest BCUT2D eigenvalue weighted by molar-refractivity contribution is 5.99. The van der Waals surface area contributed by atoms with Crippen molar-refractivity contribution in [2.24, 2.45) is 0 Å². The van der Waals surface area contributed by atoms with E-state index in [4.69, 9.17) is 15.9 Å². The molecule has 6 aromatic rings. The van der Waals surface area contributed by atoms with E-state index in [1.165, 1.54) is 13.3 Å². The van der Waals surface area contributed by atoms with Crippen LogP contribution in [0.1, 0.15) is 18.3 Å². The Hall–Kier alpha value is -5.39. The lowest BCUT2D eigenvalue weighted by Gasteiger charge is -2.13. The summed E-state index contributed by atoms with van der Waals surface area (Å²) >= 11 is 0. The Morgan fingerprint density at radius 1 is 1.08 bits per heavy atom. The third-order valence-electron chi connectivity index (χ3n) is 6.15. The average molecular weight is 507 g/mol. The van der Waals surface area contributed by atoms with Crippen LogP contribution in [0.4, 0.5) is 11.5 Å². The number of benzene rings is 1. The number of nitrogens with zero attached hydrogens (tertiary/aromatic N) is 8. The minimum atomic E-state index is -0.220. The van der Waals surface area contributed by atoms with Gasteiger partial charge in [-0.2, -0.15) is 10.2 Å². The number of nitrogens with two attached hydrogens (primary N) is 1. The molecule has 1 amide bonds. The number of carbonyl (C=O) groups excluding carboxylic acids is 1. The van der Waals surface area contributed by atoms with Gasteiger partial charge in [-0.15, -0.1) is 0 Å². The molecule has 188 valence electrons. The second-order valence-corrected chi connectivity index (χ2v) is 8.79. The summed E-state index contributed by atoms with van der Waals surface area (Å²) in [7, 11) is 0. The zero-order chi connectivity index (χ0) is 26.4. The summed E-state index contributed by atoms with van der Waals surface area (Å²) in [5.74, 6) is 0.469. The lowest BCUT2D eigenvalue weighted by atomic mass is 10.1. The Kier molecular flexibility index (Phi) is 5.41. The van der Waals surface area contributed by atoms with Crippen molar-refractivity contribution in [2.45, 2.75) is 20.4 Å². The molecule has 3 N–H and O–H groups in total. The van der Waals surface area contributed by atoms with Crippen LogP contribution in [0.2, 0.25) is 0 Å². The molecule has 0 atom stereocenters. The molecule has 0 aliphatic heterocycles. The predicted molar refractivity (Wildman–Crippen MR) is 142 cm³/mol. The number of anilines is 2. The highest BCUT2D eigenvalue weighted by Gasteiger charge is 2.21. The SMILES string of the molecule is CC(=O)Nc1cncc(-c2nn(Cc3nn4ccc(C)c4c(=O)n3-c3ccccc3)c3ncnc(N)c23)c1. The second-order valence-electron chi connectivity index (χ2n) is 8.79. The minimum absolute atomic E-state index is 0.114. The largest absolute Gasteiger partial charge is 0.383 e. The van der Waals surface area contributed by atoms with Gasteiger partial charge in [0.25, 0.3) is 5.56 Å². The van der Waals surface area contributed by atoms with Crippen LogP contribution in [-0.4, -0.2) is 44.8 Å². The van der Waals surface area contributed by atoms with Gasteiger partial charge in [0, 0.05) is 24.9 Å². The minimum Gasteiger partial charge on any atom is -0.383 e. The lowest BCUT2D eigenvalue weighted by molar-refractivity contribution is -0.114. The first kappa shape index (κ1) is 23.0. The Morgan fingerprint density at radius 3 is 2.68 bits per heavy atom.